The molecule has 1 aliphatic heterocycles. The van der Waals surface area contributed by atoms with Crippen molar-refractivity contribution in [2.24, 2.45) is 5.73 Å². The summed E-state index contributed by atoms with van der Waals surface area (Å²) in [5.74, 6) is 0. The topological polar surface area (TPSA) is 66.6 Å². The SMILES string of the molecule is CC(C)(C(N)=S)N1CCN(S(=O)(=O)C2CCCCC2)CC1. The first-order chi connectivity index (χ1) is 9.76. The van der Waals surface area contributed by atoms with E-state index in [0.717, 1.165) is 25.7 Å². The fraction of sp³-hybridized carbons (Fsp3) is 0.929. The van der Waals surface area contributed by atoms with Gasteiger partial charge in [0.25, 0.3) is 0 Å². The lowest BCUT2D eigenvalue weighted by Gasteiger charge is -2.43. The van der Waals surface area contributed by atoms with Crippen LogP contribution >= 0.6 is 12.2 Å². The highest BCUT2D eigenvalue weighted by Gasteiger charge is 2.38. The summed E-state index contributed by atoms with van der Waals surface area (Å²) in [7, 11) is -3.13. The summed E-state index contributed by atoms with van der Waals surface area (Å²) < 4.78 is 27.1. The Morgan fingerprint density at radius 2 is 1.62 bits per heavy atom. The smallest absolute Gasteiger partial charge is 0.217 e. The van der Waals surface area contributed by atoms with E-state index in [1.807, 2.05) is 13.8 Å². The molecule has 0 spiro atoms. The highest BCUT2D eigenvalue weighted by atomic mass is 32.2. The normalized spacial score (nSPS) is 24.1. The fourth-order valence-electron chi connectivity index (χ4n) is 3.23. The van der Waals surface area contributed by atoms with E-state index in [0.29, 0.717) is 31.2 Å². The molecule has 2 rings (SSSR count). The van der Waals surface area contributed by atoms with E-state index in [2.05, 4.69) is 4.90 Å². The third-order valence-corrected chi connectivity index (χ3v) is 7.86. The average molecular weight is 334 g/mol. The van der Waals surface area contributed by atoms with E-state index in [1.165, 1.54) is 6.42 Å². The number of nitrogens with two attached hydrogens (primary N) is 1. The van der Waals surface area contributed by atoms with Gasteiger partial charge in [0, 0.05) is 26.2 Å². The van der Waals surface area contributed by atoms with E-state index < -0.39 is 10.0 Å². The molecule has 0 bridgehead atoms. The van der Waals surface area contributed by atoms with Crippen molar-refractivity contribution in [1.82, 2.24) is 9.21 Å². The molecular formula is C14H27N3O2S2. The van der Waals surface area contributed by atoms with Crippen LogP contribution in [0.25, 0.3) is 0 Å². The molecule has 21 heavy (non-hydrogen) atoms. The number of sulfonamides is 1. The van der Waals surface area contributed by atoms with Crippen LogP contribution in [0, 0.1) is 0 Å². The van der Waals surface area contributed by atoms with Gasteiger partial charge in [-0.25, -0.2) is 8.42 Å². The summed E-state index contributed by atoms with van der Waals surface area (Å²) in [6.45, 7) is 6.48. The van der Waals surface area contributed by atoms with Gasteiger partial charge in [-0.15, -0.1) is 0 Å². The van der Waals surface area contributed by atoms with Gasteiger partial charge >= 0.3 is 0 Å². The van der Waals surface area contributed by atoms with Crippen LogP contribution in [0.3, 0.4) is 0 Å². The van der Waals surface area contributed by atoms with Gasteiger partial charge in [-0.3, -0.25) is 4.90 Å². The third-order valence-electron chi connectivity index (χ3n) is 4.97. The van der Waals surface area contributed by atoms with E-state index in [9.17, 15) is 8.42 Å². The van der Waals surface area contributed by atoms with Crippen molar-refractivity contribution < 1.29 is 8.42 Å². The second kappa shape index (κ2) is 6.48. The van der Waals surface area contributed by atoms with E-state index >= 15 is 0 Å². The lowest BCUT2D eigenvalue weighted by Crippen LogP contribution is -2.60. The number of hydrogen-bond donors (Lipinski definition) is 1. The largest absolute Gasteiger partial charge is 0.392 e. The minimum absolute atomic E-state index is 0.165. The first-order valence-electron chi connectivity index (χ1n) is 7.80. The molecule has 0 radical (unpaired) electrons. The molecule has 0 atom stereocenters. The standard InChI is InChI=1S/C14H27N3O2S2/c1-14(2,13(15)20)16-8-10-17(11-9-16)21(18,19)12-6-4-3-5-7-12/h12H,3-11H2,1-2H3,(H2,15,20). The van der Waals surface area contributed by atoms with Crippen LogP contribution in [0.1, 0.15) is 46.0 Å². The van der Waals surface area contributed by atoms with Crippen LogP contribution in [-0.4, -0.2) is 59.6 Å². The Kier molecular flexibility index (Phi) is 5.28. The molecule has 2 aliphatic rings. The first-order valence-corrected chi connectivity index (χ1v) is 9.71. The minimum atomic E-state index is -3.13. The monoisotopic (exact) mass is 333 g/mol. The molecular weight excluding hydrogens is 306 g/mol. The zero-order chi connectivity index (χ0) is 15.7. The molecule has 0 aromatic rings. The van der Waals surface area contributed by atoms with E-state index in [-0.39, 0.29) is 10.8 Å². The van der Waals surface area contributed by atoms with Crippen LogP contribution in [-0.2, 0) is 10.0 Å². The van der Waals surface area contributed by atoms with Crippen LogP contribution in [0.15, 0.2) is 0 Å². The molecule has 0 aromatic heterocycles. The molecule has 7 heteroatoms. The summed E-state index contributed by atoms with van der Waals surface area (Å²) in [6, 6.07) is 0. The zero-order valence-corrected chi connectivity index (χ0v) is 14.7. The number of hydrogen-bond acceptors (Lipinski definition) is 4. The van der Waals surface area contributed by atoms with Crippen molar-refractivity contribution in [2.75, 3.05) is 26.2 Å². The Hall–Kier alpha value is -0.240. The number of thiocarbonyl (C=S) groups is 1. The van der Waals surface area contributed by atoms with Gasteiger partial charge in [-0.2, -0.15) is 4.31 Å². The molecule has 2 fully saturated rings. The molecule has 122 valence electrons. The van der Waals surface area contributed by atoms with Gasteiger partial charge < -0.3 is 5.73 Å². The quantitative estimate of drug-likeness (QED) is 0.786. The Labute approximate surface area is 133 Å². The summed E-state index contributed by atoms with van der Waals surface area (Å²) in [6.07, 6.45) is 4.89. The second-order valence-corrected chi connectivity index (χ2v) is 9.27. The summed E-state index contributed by atoms with van der Waals surface area (Å²) >= 11 is 5.12. The molecule has 0 aromatic carbocycles. The summed E-state index contributed by atoms with van der Waals surface area (Å²) in [4.78, 5) is 2.65. The van der Waals surface area contributed by atoms with Crippen molar-refractivity contribution in [3.63, 3.8) is 0 Å². The second-order valence-electron chi connectivity index (χ2n) is 6.61. The number of nitrogens with zero attached hydrogens (tertiary/aromatic N) is 2. The van der Waals surface area contributed by atoms with Crippen LogP contribution < -0.4 is 5.73 Å². The number of rotatable bonds is 4. The predicted molar refractivity (Wildman–Crippen MR) is 89.8 cm³/mol. The fourth-order valence-corrected chi connectivity index (χ4v) is 5.38. The molecule has 0 amide bonds. The van der Waals surface area contributed by atoms with Gasteiger partial charge in [0.2, 0.25) is 10.0 Å². The van der Waals surface area contributed by atoms with Crippen molar-refractivity contribution in [2.45, 2.75) is 56.7 Å². The van der Waals surface area contributed by atoms with E-state index in [4.69, 9.17) is 18.0 Å². The Morgan fingerprint density at radius 3 is 2.10 bits per heavy atom. The molecule has 1 saturated carbocycles. The van der Waals surface area contributed by atoms with Gasteiger partial charge in [-0.1, -0.05) is 31.5 Å². The molecule has 1 heterocycles. The minimum Gasteiger partial charge on any atom is -0.392 e. The summed E-state index contributed by atoms with van der Waals surface area (Å²) in [5, 5.41) is -0.165. The average Bonchev–Trinajstić information content (AvgIpc) is 2.48. The predicted octanol–water partition coefficient (Wildman–Crippen LogP) is 1.33. The van der Waals surface area contributed by atoms with Gasteiger partial charge in [-0.05, 0) is 26.7 Å². The highest BCUT2D eigenvalue weighted by Crippen LogP contribution is 2.27. The highest BCUT2D eigenvalue weighted by molar-refractivity contribution is 7.89. The van der Waals surface area contributed by atoms with Crippen molar-refractivity contribution in [3.05, 3.63) is 0 Å². The van der Waals surface area contributed by atoms with Crippen LogP contribution in [0.4, 0.5) is 0 Å². The van der Waals surface area contributed by atoms with Crippen LogP contribution in [0.2, 0.25) is 0 Å². The molecule has 1 saturated heterocycles. The molecule has 2 N–H and O–H groups in total. The van der Waals surface area contributed by atoms with Crippen molar-refractivity contribution in [1.29, 1.82) is 0 Å². The van der Waals surface area contributed by atoms with Crippen molar-refractivity contribution in [3.8, 4) is 0 Å². The first kappa shape index (κ1) is 17.1. The lowest BCUT2D eigenvalue weighted by molar-refractivity contribution is 0.122. The van der Waals surface area contributed by atoms with Gasteiger partial charge in [0.1, 0.15) is 0 Å². The molecule has 0 unspecified atom stereocenters. The Bertz CT molecular complexity index is 476. The Balaban J connectivity index is 1.98. The maximum absolute atomic E-state index is 12.7. The van der Waals surface area contributed by atoms with Gasteiger partial charge in [0.15, 0.2) is 0 Å². The third kappa shape index (κ3) is 3.57. The van der Waals surface area contributed by atoms with E-state index in [1.54, 1.807) is 4.31 Å². The maximum atomic E-state index is 12.7. The van der Waals surface area contributed by atoms with Gasteiger partial charge in [0.05, 0.1) is 15.8 Å². The maximum Gasteiger partial charge on any atom is 0.217 e. The van der Waals surface area contributed by atoms with Crippen molar-refractivity contribution >= 4 is 27.2 Å². The Morgan fingerprint density at radius 1 is 1.10 bits per heavy atom. The van der Waals surface area contributed by atoms with Crippen LogP contribution in [0.5, 0.6) is 0 Å². The zero-order valence-electron chi connectivity index (χ0n) is 13.0. The lowest BCUT2D eigenvalue weighted by atomic mass is 10.0. The molecule has 5 nitrogen and oxygen atoms in total. The summed E-state index contributed by atoms with van der Waals surface area (Å²) in [5.41, 5.74) is 5.45. The molecule has 1 aliphatic carbocycles. The number of piperazine rings is 1.